The van der Waals surface area contributed by atoms with Crippen molar-refractivity contribution in [3.05, 3.63) is 82.7 Å². The van der Waals surface area contributed by atoms with Gasteiger partial charge in [0.15, 0.2) is 5.84 Å². The van der Waals surface area contributed by atoms with Gasteiger partial charge in [-0.3, -0.25) is 0 Å². The zero-order valence-corrected chi connectivity index (χ0v) is 17.6. The summed E-state index contributed by atoms with van der Waals surface area (Å²) in [6, 6.07) is 9.62. The number of carbonyl (C=O) groups is 1. The van der Waals surface area contributed by atoms with Crippen LogP contribution in [0.4, 0.5) is 26.3 Å². The molecule has 1 aromatic heterocycles. The molecule has 3 aromatic rings. The first-order valence-electron chi connectivity index (χ1n) is 9.88. The quantitative estimate of drug-likeness (QED) is 0.168. The van der Waals surface area contributed by atoms with E-state index in [-0.39, 0.29) is 11.6 Å². The Hall–Kier alpha value is -3.83. The third-order valence-electron chi connectivity index (χ3n) is 4.69. The van der Waals surface area contributed by atoms with Gasteiger partial charge in [0.25, 0.3) is 0 Å². The maximum absolute atomic E-state index is 13.1. The number of hydrogen-bond acceptors (Lipinski definition) is 4. The van der Waals surface area contributed by atoms with Gasteiger partial charge in [-0.2, -0.15) is 31.4 Å². The van der Waals surface area contributed by atoms with Crippen LogP contribution in [-0.4, -0.2) is 21.6 Å². The first-order chi connectivity index (χ1) is 15.9. The van der Waals surface area contributed by atoms with Crippen LogP contribution in [0.3, 0.4) is 0 Å². The van der Waals surface area contributed by atoms with Gasteiger partial charge >= 0.3 is 18.3 Å². The van der Waals surface area contributed by atoms with Crippen LogP contribution in [-0.2, 0) is 23.6 Å². The number of nitrogens with two attached hydrogens (primary N) is 1. The summed E-state index contributed by atoms with van der Waals surface area (Å²) in [5.41, 5.74) is 2.90. The maximum Gasteiger partial charge on any atom is 0.416 e. The van der Waals surface area contributed by atoms with Crippen molar-refractivity contribution >= 4 is 11.8 Å². The summed E-state index contributed by atoms with van der Waals surface area (Å²) in [4.78, 5) is 17.3. The second-order valence-corrected chi connectivity index (χ2v) is 7.15. The standard InChI is InChI=1S/C22H18F6N4O2/c1-2-6-18-17(12-30-32(18)16-7-4-3-5-8-16)20(33)34-31-19(29)13-9-14(21(23,24)25)11-15(10-13)22(26,27)28/h3-5,7-12H,2,6H2,1H3,(H2,29,31). The number of benzene rings is 2. The SMILES string of the molecule is CCCc1c(C(=O)O/N=C(\N)c2cc(C(F)(F)F)cc(C(F)(F)F)c2)cnn1-c1ccccc1. The van der Waals surface area contributed by atoms with Gasteiger partial charge in [-0.1, -0.05) is 36.7 Å². The number of aromatic nitrogens is 2. The molecule has 1 heterocycles. The highest BCUT2D eigenvalue weighted by Crippen LogP contribution is 2.36. The zero-order chi connectivity index (χ0) is 25.1. The molecule has 0 saturated heterocycles. The van der Waals surface area contributed by atoms with E-state index in [4.69, 9.17) is 10.6 Å². The topological polar surface area (TPSA) is 82.5 Å². The van der Waals surface area contributed by atoms with E-state index in [0.29, 0.717) is 36.4 Å². The summed E-state index contributed by atoms with van der Waals surface area (Å²) in [6.45, 7) is 1.87. The summed E-state index contributed by atoms with van der Waals surface area (Å²) in [5, 5.41) is 7.45. The van der Waals surface area contributed by atoms with Gasteiger partial charge in [-0.25, -0.2) is 9.48 Å². The summed E-state index contributed by atoms with van der Waals surface area (Å²) < 4.78 is 79.8. The molecule has 2 N–H and O–H groups in total. The van der Waals surface area contributed by atoms with E-state index in [1.165, 1.54) is 10.9 Å². The smallest absolute Gasteiger partial charge is 0.380 e. The van der Waals surface area contributed by atoms with Crippen molar-refractivity contribution in [3.8, 4) is 5.69 Å². The number of alkyl halides is 6. The number of rotatable bonds is 6. The largest absolute Gasteiger partial charge is 0.416 e. The molecular formula is C22H18F6N4O2. The van der Waals surface area contributed by atoms with Crippen molar-refractivity contribution in [1.29, 1.82) is 0 Å². The number of amidine groups is 1. The number of carbonyl (C=O) groups excluding carboxylic acids is 1. The lowest BCUT2D eigenvalue weighted by Crippen LogP contribution is -2.19. The number of hydrogen-bond donors (Lipinski definition) is 1. The molecule has 0 aliphatic carbocycles. The van der Waals surface area contributed by atoms with Crippen LogP contribution in [0.1, 0.15) is 46.1 Å². The van der Waals surface area contributed by atoms with Gasteiger partial charge in [-0.05, 0) is 36.8 Å². The number of para-hydroxylation sites is 1. The van der Waals surface area contributed by atoms with E-state index >= 15 is 0 Å². The predicted octanol–water partition coefficient (Wildman–Crippen LogP) is 5.34. The first kappa shape index (κ1) is 24.8. The minimum atomic E-state index is -5.06. The van der Waals surface area contributed by atoms with Crippen LogP contribution in [0, 0.1) is 0 Å². The zero-order valence-electron chi connectivity index (χ0n) is 17.6. The molecule has 0 radical (unpaired) electrons. The monoisotopic (exact) mass is 484 g/mol. The van der Waals surface area contributed by atoms with Crippen molar-refractivity contribution in [2.45, 2.75) is 32.1 Å². The van der Waals surface area contributed by atoms with Crippen molar-refractivity contribution in [3.63, 3.8) is 0 Å². The average molecular weight is 484 g/mol. The fourth-order valence-electron chi connectivity index (χ4n) is 3.11. The fraction of sp³-hybridized carbons (Fsp3) is 0.227. The molecule has 0 atom stereocenters. The van der Waals surface area contributed by atoms with E-state index in [2.05, 4.69) is 10.3 Å². The van der Waals surface area contributed by atoms with Gasteiger partial charge in [0.05, 0.1) is 28.7 Å². The molecule has 180 valence electrons. The minimum absolute atomic E-state index is 0.0299. The Balaban J connectivity index is 1.92. The molecule has 0 spiro atoms. The first-order valence-corrected chi connectivity index (χ1v) is 9.88. The number of oxime groups is 1. The molecule has 12 heteroatoms. The second kappa shape index (κ2) is 9.57. The molecule has 3 rings (SSSR count). The molecule has 0 aliphatic rings. The Morgan fingerprint density at radius 2 is 1.62 bits per heavy atom. The maximum atomic E-state index is 13.1. The molecule has 0 unspecified atom stereocenters. The van der Waals surface area contributed by atoms with Crippen molar-refractivity contribution in [2.24, 2.45) is 10.9 Å². The van der Waals surface area contributed by atoms with Crippen molar-refractivity contribution in [1.82, 2.24) is 9.78 Å². The molecule has 0 bridgehead atoms. The third-order valence-corrected chi connectivity index (χ3v) is 4.69. The van der Waals surface area contributed by atoms with Gasteiger partial charge in [-0.15, -0.1) is 0 Å². The number of nitrogens with zero attached hydrogens (tertiary/aromatic N) is 3. The third kappa shape index (κ3) is 5.56. The highest BCUT2D eigenvalue weighted by atomic mass is 19.4. The summed E-state index contributed by atoms with van der Waals surface area (Å²) in [5.74, 6) is -1.85. The Morgan fingerprint density at radius 3 is 2.15 bits per heavy atom. The fourth-order valence-corrected chi connectivity index (χ4v) is 3.11. The van der Waals surface area contributed by atoms with E-state index in [1.807, 2.05) is 6.92 Å². The van der Waals surface area contributed by atoms with Crippen LogP contribution in [0.5, 0.6) is 0 Å². The Labute approximate surface area is 189 Å². The lowest BCUT2D eigenvalue weighted by atomic mass is 10.0. The van der Waals surface area contributed by atoms with Gasteiger partial charge in [0.2, 0.25) is 0 Å². The lowest BCUT2D eigenvalue weighted by Gasteiger charge is -2.13. The van der Waals surface area contributed by atoms with Crippen LogP contribution in [0.2, 0.25) is 0 Å². The van der Waals surface area contributed by atoms with Crippen LogP contribution in [0.15, 0.2) is 59.9 Å². The summed E-state index contributed by atoms with van der Waals surface area (Å²) >= 11 is 0. The summed E-state index contributed by atoms with van der Waals surface area (Å²) in [6.07, 6.45) is -7.81. The number of halogens is 6. The van der Waals surface area contributed by atoms with Crippen molar-refractivity contribution in [2.75, 3.05) is 0 Å². The van der Waals surface area contributed by atoms with Crippen LogP contribution in [0.25, 0.3) is 5.69 Å². The Kier molecular flexibility index (Phi) is 6.99. The van der Waals surface area contributed by atoms with Gasteiger partial charge in [0.1, 0.15) is 5.56 Å². The Bertz CT molecular complexity index is 1170. The minimum Gasteiger partial charge on any atom is -0.380 e. The summed E-state index contributed by atoms with van der Waals surface area (Å²) in [7, 11) is 0. The lowest BCUT2D eigenvalue weighted by molar-refractivity contribution is -0.143. The van der Waals surface area contributed by atoms with E-state index in [9.17, 15) is 31.1 Å². The molecule has 0 aliphatic heterocycles. The van der Waals surface area contributed by atoms with Crippen LogP contribution >= 0.6 is 0 Å². The molecule has 0 amide bonds. The molecular weight excluding hydrogens is 466 g/mol. The van der Waals surface area contributed by atoms with E-state index < -0.39 is 40.8 Å². The molecule has 34 heavy (non-hydrogen) atoms. The van der Waals surface area contributed by atoms with Gasteiger partial charge < -0.3 is 10.6 Å². The van der Waals surface area contributed by atoms with Crippen molar-refractivity contribution < 1.29 is 36.0 Å². The molecule has 0 fully saturated rings. The van der Waals surface area contributed by atoms with Gasteiger partial charge in [0, 0.05) is 5.56 Å². The van der Waals surface area contributed by atoms with E-state index in [1.54, 1.807) is 30.3 Å². The average Bonchev–Trinajstić information content (AvgIpc) is 3.20. The molecule has 2 aromatic carbocycles. The highest BCUT2D eigenvalue weighted by molar-refractivity contribution is 5.98. The van der Waals surface area contributed by atoms with Crippen LogP contribution < -0.4 is 5.73 Å². The second-order valence-electron chi connectivity index (χ2n) is 7.15. The normalized spacial score (nSPS) is 12.6. The van der Waals surface area contributed by atoms with E-state index in [0.717, 1.165) is 0 Å². The predicted molar refractivity (Wildman–Crippen MR) is 110 cm³/mol. The molecule has 6 nitrogen and oxygen atoms in total. The highest BCUT2D eigenvalue weighted by Gasteiger charge is 2.37. The Morgan fingerprint density at radius 1 is 1.03 bits per heavy atom. The molecule has 0 saturated carbocycles.